The maximum atomic E-state index is 13.4. The van der Waals surface area contributed by atoms with E-state index in [9.17, 15) is 14.0 Å². The first kappa shape index (κ1) is 21.1. The molecule has 8 heteroatoms. The summed E-state index contributed by atoms with van der Waals surface area (Å²) in [6.45, 7) is 1.89. The standard InChI is InChI=1S/C23H20BrFN4O2/c1-13-9-14(5-7-18(13)25)11-26-22(30)20-10-21(28-12-27-20)23(31)29-19-8-6-15-16(19)3-2-4-17(15)24/h2-5,7,9-10,12,19H,6,8,11H2,1H3,(H,26,30)(H,29,31). The zero-order chi connectivity index (χ0) is 22.0. The van der Waals surface area contributed by atoms with E-state index in [4.69, 9.17) is 0 Å². The minimum atomic E-state index is -0.437. The normalized spacial score (nSPS) is 14.7. The lowest BCUT2D eigenvalue weighted by molar-refractivity contribution is 0.0931. The van der Waals surface area contributed by atoms with Crippen LogP contribution in [-0.4, -0.2) is 21.8 Å². The number of hydrogen-bond acceptors (Lipinski definition) is 4. The number of nitrogens with one attached hydrogen (secondary N) is 2. The van der Waals surface area contributed by atoms with Gasteiger partial charge in [0.05, 0.1) is 6.04 Å². The van der Waals surface area contributed by atoms with Crippen LogP contribution < -0.4 is 10.6 Å². The van der Waals surface area contributed by atoms with Gasteiger partial charge in [-0.2, -0.15) is 0 Å². The van der Waals surface area contributed by atoms with E-state index in [0.717, 1.165) is 28.4 Å². The van der Waals surface area contributed by atoms with Gasteiger partial charge in [-0.3, -0.25) is 9.59 Å². The Morgan fingerprint density at radius 2 is 1.90 bits per heavy atom. The highest BCUT2D eigenvalue weighted by Gasteiger charge is 2.26. The van der Waals surface area contributed by atoms with Gasteiger partial charge < -0.3 is 10.6 Å². The molecule has 4 rings (SSSR count). The molecule has 0 radical (unpaired) electrons. The summed E-state index contributed by atoms with van der Waals surface area (Å²) in [6, 6.07) is 11.9. The van der Waals surface area contributed by atoms with Crippen LogP contribution in [0.25, 0.3) is 0 Å². The van der Waals surface area contributed by atoms with Gasteiger partial charge in [0.25, 0.3) is 11.8 Å². The van der Waals surface area contributed by atoms with Crippen molar-refractivity contribution in [3.05, 3.63) is 92.7 Å². The Kier molecular flexibility index (Phi) is 6.08. The Morgan fingerprint density at radius 3 is 2.68 bits per heavy atom. The first-order valence-corrected chi connectivity index (χ1v) is 10.6. The Labute approximate surface area is 187 Å². The minimum absolute atomic E-state index is 0.0913. The quantitative estimate of drug-likeness (QED) is 0.574. The Hall–Kier alpha value is -3.13. The maximum absolute atomic E-state index is 13.4. The fraction of sp³-hybridized carbons (Fsp3) is 0.217. The van der Waals surface area contributed by atoms with Gasteiger partial charge in [-0.25, -0.2) is 14.4 Å². The molecule has 1 heterocycles. The summed E-state index contributed by atoms with van der Waals surface area (Å²) in [5.74, 6) is -1.09. The van der Waals surface area contributed by atoms with Crippen LogP contribution in [0.1, 0.15) is 55.7 Å². The van der Waals surface area contributed by atoms with Gasteiger partial charge in [0.15, 0.2) is 0 Å². The van der Waals surface area contributed by atoms with Crippen molar-refractivity contribution in [3.63, 3.8) is 0 Å². The lowest BCUT2D eigenvalue weighted by atomic mass is 10.1. The minimum Gasteiger partial charge on any atom is -0.347 e. The number of rotatable bonds is 5. The summed E-state index contributed by atoms with van der Waals surface area (Å²) in [4.78, 5) is 33.2. The SMILES string of the molecule is Cc1cc(CNC(=O)c2cc(C(=O)NC3CCc4c(Br)cccc43)ncn2)ccc1F. The highest BCUT2D eigenvalue weighted by atomic mass is 79.9. The number of aryl methyl sites for hydroxylation is 1. The van der Waals surface area contributed by atoms with E-state index >= 15 is 0 Å². The summed E-state index contributed by atoms with van der Waals surface area (Å²) >= 11 is 3.55. The lowest BCUT2D eigenvalue weighted by Gasteiger charge is -2.14. The zero-order valence-electron chi connectivity index (χ0n) is 16.8. The molecule has 0 saturated carbocycles. The van der Waals surface area contributed by atoms with Crippen LogP contribution in [-0.2, 0) is 13.0 Å². The fourth-order valence-corrected chi connectivity index (χ4v) is 4.27. The van der Waals surface area contributed by atoms with E-state index in [-0.39, 0.29) is 35.7 Å². The van der Waals surface area contributed by atoms with Crippen LogP contribution in [0.4, 0.5) is 4.39 Å². The average molecular weight is 483 g/mol. The number of carbonyl (C=O) groups excluding carboxylic acids is 2. The molecule has 0 fully saturated rings. The second-order valence-electron chi connectivity index (χ2n) is 7.43. The van der Waals surface area contributed by atoms with Crippen molar-refractivity contribution < 1.29 is 14.0 Å². The first-order chi connectivity index (χ1) is 14.9. The lowest BCUT2D eigenvalue weighted by Crippen LogP contribution is -2.29. The van der Waals surface area contributed by atoms with Gasteiger partial charge in [-0.05, 0) is 54.2 Å². The molecule has 6 nitrogen and oxygen atoms in total. The summed E-state index contributed by atoms with van der Waals surface area (Å²) in [5.41, 5.74) is 3.78. The predicted octanol–water partition coefficient (Wildman–Crippen LogP) is 4.03. The molecule has 0 spiro atoms. The molecule has 1 aliphatic rings. The molecule has 1 aromatic heterocycles. The molecule has 158 valence electrons. The van der Waals surface area contributed by atoms with Crippen molar-refractivity contribution in [2.75, 3.05) is 0 Å². The molecule has 3 aromatic rings. The molecule has 0 saturated heterocycles. The summed E-state index contributed by atoms with van der Waals surface area (Å²) in [7, 11) is 0. The predicted molar refractivity (Wildman–Crippen MR) is 117 cm³/mol. The Morgan fingerprint density at radius 1 is 1.13 bits per heavy atom. The first-order valence-electron chi connectivity index (χ1n) is 9.86. The highest BCUT2D eigenvalue weighted by molar-refractivity contribution is 9.10. The molecule has 2 N–H and O–H groups in total. The number of fused-ring (bicyclic) bond motifs is 1. The van der Waals surface area contributed by atoms with Crippen LogP contribution in [0.2, 0.25) is 0 Å². The van der Waals surface area contributed by atoms with Crippen molar-refractivity contribution in [2.24, 2.45) is 0 Å². The highest BCUT2D eigenvalue weighted by Crippen LogP contribution is 2.35. The molecule has 1 atom stereocenters. The number of carbonyl (C=O) groups is 2. The van der Waals surface area contributed by atoms with E-state index in [1.165, 1.54) is 24.0 Å². The number of benzene rings is 2. The number of halogens is 2. The van der Waals surface area contributed by atoms with E-state index in [2.05, 4.69) is 36.5 Å². The number of hydrogen-bond donors (Lipinski definition) is 2. The zero-order valence-corrected chi connectivity index (χ0v) is 18.4. The van der Waals surface area contributed by atoms with Gasteiger partial charge >= 0.3 is 0 Å². The van der Waals surface area contributed by atoms with Crippen molar-refractivity contribution in [2.45, 2.75) is 32.4 Å². The van der Waals surface area contributed by atoms with Crippen molar-refractivity contribution >= 4 is 27.7 Å². The largest absolute Gasteiger partial charge is 0.347 e. The molecular weight excluding hydrogens is 463 g/mol. The second-order valence-corrected chi connectivity index (χ2v) is 8.28. The van der Waals surface area contributed by atoms with Crippen LogP contribution in [0.3, 0.4) is 0 Å². The van der Waals surface area contributed by atoms with Crippen molar-refractivity contribution in [3.8, 4) is 0 Å². The van der Waals surface area contributed by atoms with Crippen LogP contribution in [0.15, 0.2) is 53.3 Å². The third-order valence-corrected chi connectivity index (χ3v) is 6.07. The monoisotopic (exact) mass is 482 g/mol. The fourth-order valence-electron chi connectivity index (χ4n) is 3.69. The second kappa shape index (κ2) is 8.93. The van der Waals surface area contributed by atoms with Gasteiger partial charge in [0.2, 0.25) is 0 Å². The number of amides is 2. The van der Waals surface area contributed by atoms with Crippen LogP contribution in [0, 0.1) is 12.7 Å². The van der Waals surface area contributed by atoms with Gasteiger partial charge in [-0.15, -0.1) is 0 Å². The van der Waals surface area contributed by atoms with Crippen LogP contribution in [0.5, 0.6) is 0 Å². The van der Waals surface area contributed by atoms with E-state index in [1.807, 2.05) is 18.2 Å². The van der Waals surface area contributed by atoms with Gasteiger partial charge in [-0.1, -0.05) is 40.2 Å². The van der Waals surface area contributed by atoms with E-state index in [1.54, 1.807) is 19.1 Å². The average Bonchev–Trinajstić information content (AvgIpc) is 3.18. The molecule has 0 aliphatic heterocycles. The van der Waals surface area contributed by atoms with Gasteiger partial charge in [0, 0.05) is 17.1 Å². The van der Waals surface area contributed by atoms with Crippen LogP contribution >= 0.6 is 15.9 Å². The molecule has 31 heavy (non-hydrogen) atoms. The molecule has 1 unspecified atom stereocenters. The molecule has 0 bridgehead atoms. The third kappa shape index (κ3) is 4.64. The van der Waals surface area contributed by atoms with E-state index < -0.39 is 5.91 Å². The number of aromatic nitrogens is 2. The summed E-state index contributed by atoms with van der Waals surface area (Å²) in [5, 5.41) is 5.73. The maximum Gasteiger partial charge on any atom is 0.270 e. The summed E-state index contributed by atoms with van der Waals surface area (Å²) in [6.07, 6.45) is 2.88. The molecule has 1 aliphatic carbocycles. The topological polar surface area (TPSA) is 84.0 Å². The number of nitrogens with zero attached hydrogens (tertiary/aromatic N) is 2. The van der Waals surface area contributed by atoms with Gasteiger partial charge in [0.1, 0.15) is 23.5 Å². The molecule has 2 aromatic carbocycles. The Bertz CT molecular complexity index is 1170. The molecular formula is C23H20BrFN4O2. The smallest absolute Gasteiger partial charge is 0.270 e. The van der Waals surface area contributed by atoms with E-state index in [0.29, 0.717) is 5.56 Å². The third-order valence-electron chi connectivity index (χ3n) is 5.33. The van der Waals surface area contributed by atoms with Crippen molar-refractivity contribution in [1.82, 2.24) is 20.6 Å². The summed E-state index contributed by atoms with van der Waals surface area (Å²) < 4.78 is 14.4. The molecule has 2 amide bonds. The Balaban J connectivity index is 1.42. The van der Waals surface area contributed by atoms with Crippen molar-refractivity contribution in [1.29, 1.82) is 0 Å².